The molecule has 6 nitrogen and oxygen atoms in total. The molecule has 1 amide bonds. The van der Waals surface area contributed by atoms with Crippen LogP contribution in [0.15, 0.2) is 65.6 Å². The Kier molecular flexibility index (Phi) is 7.32. The standard InChI is InChI=1S/C19H25N3O3S/c1-21(26(24,25)18-10-6-3-7-11-18)16-19(23)22(15-13-20)14-12-17-8-4-2-5-9-17/h2-11H,12-16,20H2,1H3. The van der Waals surface area contributed by atoms with Gasteiger partial charge in [-0.25, -0.2) is 8.42 Å². The van der Waals surface area contributed by atoms with Crippen molar-refractivity contribution in [3.8, 4) is 0 Å². The first-order valence-corrected chi connectivity index (χ1v) is 9.92. The van der Waals surface area contributed by atoms with Gasteiger partial charge in [0, 0.05) is 26.7 Å². The number of nitrogens with zero attached hydrogens (tertiary/aromatic N) is 2. The maximum atomic E-state index is 12.6. The molecular weight excluding hydrogens is 350 g/mol. The maximum absolute atomic E-state index is 12.6. The van der Waals surface area contributed by atoms with Crippen LogP contribution in [0.4, 0.5) is 0 Å². The Hall–Kier alpha value is -2.22. The van der Waals surface area contributed by atoms with E-state index < -0.39 is 10.0 Å². The van der Waals surface area contributed by atoms with Crippen LogP contribution in [-0.2, 0) is 21.2 Å². The molecule has 0 aliphatic rings. The summed E-state index contributed by atoms with van der Waals surface area (Å²) in [5, 5.41) is 0. The quantitative estimate of drug-likeness (QED) is 0.717. The second kappa shape index (κ2) is 9.47. The van der Waals surface area contributed by atoms with Gasteiger partial charge in [-0.3, -0.25) is 4.79 Å². The van der Waals surface area contributed by atoms with Crippen LogP contribution in [0.3, 0.4) is 0 Å². The van der Waals surface area contributed by atoms with Gasteiger partial charge in [-0.15, -0.1) is 0 Å². The highest BCUT2D eigenvalue weighted by atomic mass is 32.2. The lowest BCUT2D eigenvalue weighted by Crippen LogP contribution is -2.43. The monoisotopic (exact) mass is 375 g/mol. The van der Waals surface area contributed by atoms with Crippen molar-refractivity contribution >= 4 is 15.9 Å². The highest BCUT2D eigenvalue weighted by molar-refractivity contribution is 7.89. The average molecular weight is 375 g/mol. The van der Waals surface area contributed by atoms with Gasteiger partial charge >= 0.3 is 0 Å². The van der Waals surface area contributed by atoms with Gasteiger partial charge < -0.3 is 10.6 Å². The Morgan fingerprint density at radius 2 is 1.54 bits per heavy atom. The predicted molar refractivity (Wildman–Crippen MR) is 102 cm³/mol. The molecule has 0 aromatic heterocycles. The third kappa shape index (κ3) is 5.39. The van der Waals surface area contributed by atoms with Gasteiger partial charge in [0.15, 0.2) is 0 Å². The van der Waals surface area contributed by atoms with Crippen LogP contribution in [-0.4, -0.2) is 56.8 Å². The van der Waals surface area contributed by atoms with Crippen LogP contribution in [0.1, 0.15) is 5.56 Å². The smallest absolute Gasteiger partial charge is 0.243 e. The summed E-state index contributed by atoms with van der Waals surface area (Å²) in [5.41, 5.74) is 6.74. The van der Waals surface area contributed by atoms with Crippen molar-refractivity contribution in [2.45, 2.75) is 11.3 Å². The highest BCUT2D eigenvalue weighted by Crippen LogP contribution is 2.13. The van der Waals surface area contributed by atoms with E-state index in [0.717, 1.165) is 9.87 Å². The van der Waals surface area contributed by atoms with Crippen LogP contribution in [0.25, 0.3) is 0 Å². The number of nitrogens with two attached hydrogens (primary N) is 1. The molecular formula is C19H25N3O3S. The minimum Gasteiger partial charge on any atom is -0.340 e. The van der Waals surface area contributed by atoms with E-state index in [4.69, 9.17) is 5.73 Å². The summed E-state index contributed by atoms with van der Waals surface area (Å²) in [4.78, 5) is 14.4. The van der Waals surface area contributed by atoms with Crippen molar-refractivity contribution in [3.05, 3.63) is 66.2 Å². The Labute approximate surface area is 155 Å². The second-order valence-electron chi connectivity index (χ2n) is 5.98. The molecule has 0 unspecified atom stereocenters. The molecule has 0 radical (unpaired) electrons. The van der Waals surface area contributed by atoms with Crippen molar-refractivity contribution in [1.82, 2.24) is 9.21 Å². The van der Waals surface area contributed by atoms with E-state index in [1.807, 2.05) is 30.3 Å². The number of carbonyl (C=O) groups is 1. The zero-order valence-electron chi connectivity index (χ0n) is 14.9. The second-order valence-corrected chi connectivity index (χ2v) is 8.02. The van der Waals surface area contributed by atoms with Gasteiger partial charge in [-0.2, -0.15) is 4.31 Å². The number of sulfonamides is 1. The number of likely N-dealkylation sites (N-methyl/N-ethyl adjacent to an activating group) is 1. The third-order valence-corrected chi connectivity index (χ3v) is 5.89. The Morgan fingerprint density at radius 1 is 0.962 bits per heavy atom. The van der Waals surface area contributed by atoms with E-state index >= 15 is 0 Å². The predicted octanol–water partition coefficient (Wildman–Crippen LogP) is 1.34. The average Bonchev–Trinajstić information content (AvgIpc) is 2.66. The molecule has 0 atom stereocenters. The Balaban J connectivity index is 2.02. The zero-order chi connectivity index (χ0) is 19.0. The van der Waals surface area contributed by atoms with Crippen molar-refractivity contribution < 1.29 is 13.2 Å². The molecule has 0 heterocycles. The van der Waals surface area contributed by atoms with Gasteiger partial charge in [0.05, 0.1) is 11.4 Å². The molecule has 2 N–H and O–H groups in total. The van der Waals surface area contributed by atoms with Gasteiger partial charge in [0.2, 0.25) is 15.9 Å². The van der Waals surface area contributed by atoms with E-state index in [0.29, 0.717) is 26.1 Å². The fourth-order valence-electron chi connectivity index (χ4n) is 2.57. The Morgan fingerprint density at radius 3 is 2.12 bits per heavy atom. The van der Waals surface area contributed by atoms with Gasteiger partial charge in [-0.05, 0) is 24.1 Å². The molecule has 0 spiro atoms. The van der Waals surface area contributed by atoms with E-state index in [1.54, 1.807) is 23.1 Å². The van der Waals surface area contributed by atoms with Gasteiger partial charge in [0.1, 0.15) is 0 Å². The molecule has 2 rings (SSSR count). The molecule has 0 bridgehead atoms. The number of hydrogen-bond donors (Lipinski definition) is 1. The van der Waals surface area contributed by atoms with Crippen LogP contribution >= 0.6 is 0 Å². The van der Waals surface area contributed by atoms with Gasteiger partial charge in [-0.1, -0.05) is 48.5 Å². The lowest BCUT2D eigenvalue weighted by atomic mass is 10.1. The third-order valence-electron chi connectivity index (χ3n) is 4.07. The number of amides is 1. The lowest BCUT2D eigenvalue weighted by molar-refractivity contribution is -0.131. The first-order valence-electron chi connectivity index (χ1n) is 8.48. The number of carbonyl (C=O) groups excluding carboxylic acids is 1. The van der Waals surface area contributed by atoms with Crippen LogP contribution in [0.2, 0.25) is 0 Å². The first-order chi connectivity index (χ1) is 12.4. The van der Waals surface area contributed by atoms with E-state index in [-0.39, 0.29) is 17.3 Å². The maximum Gasteiger partial charge on any atom is 0.243 e. The van der Waals surface area contributed by atoms with E-state index in [1.165, 1.54) is 19.2 Å². The first kappa shape index (κ1) is 20.1. The number of hydrogen-bond acceptors (Lipinski definition) is 4. The van der Waals surface area contributed by atoms with E-state index in [2.05, 4.69) is 0 Å². The number of benzene rings is 2. The van der Waals surface area contributed by atoms with Crippen molar-refractivity contribution in [2.24, 2.45) is 5.73 Å². The molecule has 7 heteroatoms. The summed E-state index contributed by atoms with van der Waals surface area (Å²) in [6.45, 7) is 1.01. The van der Waals surface area contributed by atoms with Crippen LogP contribution in [0.5, 0.6) is 0 Å². The summed E-state index contributed by atoms with van der Waals surface area (Å²) < 4.78 is 26.2. The fraction of sp³-hybridized carbons (Fsp3) is 0.316. The molecule has 0 saturated carbocycles. The van der Waals surface area contributed by atoms with Crippen LogP contribution in [0, 0.1) is 0 Å². The summed E-state index contributed by atoms with van der Waals surface area (Å²) in [6, 6.07) is 17.9. The summed E-state index contributed by atoms with van der Waals surface area (Å²) in [5.74, 6) is -0.256. The number of rotatable bonds is 9. The van der Waals surface area contributed by atoms with Crippen molar-refractivity contribution in [1.29, 1.82) is 0 Å². The SMILES string of the molecule is CN(CC(=O)N(CCN)CCc1ccccc1)S(=O)(=O)c1ccccc1. The topological polar surface area (TPSA) is 83.7 Å². The molecule has 0 fully saturated rings. The lowest BCUT2D eigenvalue weighted by Gasteiger charge is -2.25. The van der Waals surface area contributed by atoms with E-state index in [9.17, 15) is 13.2 Å². The molecule has 0 aliphatic carbocycles. The summed E-state index contributed by atoms with van der Waals surface area (Å²) in [7, 11) is -2.28. The van der Waals surface area contributed by atoms with Crippen LogP contribution < -0.4 is 5.73 Å². The molecule has 2 aromatic rings. The highest BCUT2D eigenvalue weighted by Gasteiger charge is 2.24. The normalized spacial score (nSPS) is 11.5. The largest absolute Gasteiger partial charge is 0.340 e. The minimum atomic E-state index is -3.70. The fourth-order valence-corrected chi connectivity index (χ4v) is 3.72. The minimum absolute atomic E-state index is 0.171. The van der Waals surface area contributed by atoms with Crippen molar-refractivity contribution in [2.75, 3.05) is 33.2 Å². The molecule has 2 aromatic carbocycles. The molecule has 0 saturated heterocycles. The summed E-state index contributed by atoms with van der Waals surface area (Å²) >= 11 is 0. The van der Waals surface area contributed by atoms with Crippen molar-refractivity contribution in [3.63, 3.8) is 0 Å². The zero-order valence-corrected chi connectivity index (χ0v) is 15.7. The molecule has 26 heavy (non-hydrogen) atoms. The molecule has 0 aliphatic heterocycles. The Bertz CT molecular complexity index is 795. The molecule has 140 valence electrons. The van der Waals surface area contributed by atoms with Gasteiger partial charge in [0.25, 0.3) is 0 Å². The summed E-state index contributed by atoms with van der Waals surface area (Å²) in [6.07, 6.45) is 0.696.